The molecule has 0 aromatic heterocycles. The predicted octanol–water partition coefficient (Wildman–Crippen LogP) is 1.49. The third-order valence-corrected chi connectivity index (χ3v) is 2.90. The van der Waals surface area contributed by atoms with Crippen molar-refractivity contribution >= 4 is 0 Å². The van der Waals surface area contributed by atoms with E-state index in [1.165, 1.54) is 38.5 Å². The van der Waals surface area contributed by atoms with Crippen molar-refractivity contribution in [3.63, 3.8) is 0 Å². The molecular formula is C8H16N2. The van der Waals surface area contributed by atoms with Crippen molar-refractivity contribution in [1.29, 1.82) is 0 Å². The number of hydrazine groups is 1. The maximum atomic E-state index is 3.42. The number of hydrogen-bond donors (Lipinski definition) is 1. The molecule has 1 N–H and O–H groups in total. The highest BCUT2D eigenvalue weighted by atomic mass is 15.8. The van der Waals surface area contributed by atoms with Gasteiger partial charge in [-0.1, -0.05) is 25.7 Å². The summed E-state index contributed by atoms with van der Waals surface area (Å²) in [4.78, 5) is 0. The van der Waals surface area contributed by atoms with E-state index in [2.05, 4.69) is 17.5 Å². The first kappa shape index (κ1) is 6.62. The van der Waals surface area contributed by atoms with E-state index in [9.17, 15) is 0 Å². The van der Waals surface area contributed by atoms with Crippen LogP contribution in [0.3, 0.4) is 0 Å². The Bertz CT molecular complexity index is 125. The Morgan fingerprint density at radius 2 is 1.60 bits per heavy atom. The van der Waals surface area contributed by atoms with Crippen molar-refractivity contribution in [2.75, 3.05) is 7.05 Å². The van der Waals surface area contributed by atoms with Crippen LogP contribution in [0.5, 0.6) is 0 Å². The Labute approximate surface area is 62.6 Å². The van der Waals surface area contributed by atoms with Crippen LogP contribution in [0, 0.1) is 0 Å². The molecule has 2 rings (SSSR count). The standard InChI is InChI=1S/C8H16N2/c1-10-8(9-10)6-4-2-3-5-7-8/h9H,2-7H2,1H3. The van der Waals surface area contributed by atoms with Crippen LogP contribution in [0.25, 0.3) is 0 Å². The lowest BCUT2D eigenvalue weighted by Crippen LogP contribution is -2.16. The smallest absolute Gasteiger partial charge is 0.0970 e. The zero-order chi connectivity index (χ0) is 7.03. The van der Waals surface area contributed by atoms with Crippen LogP contribution in [-0.2, 0) is 0 Å². The van der Waals surface area contributed by atoms with E-state index in [-0.39, 0.29) is 0 Å². The van der Waals surface area contributed by atoms with Crippen LogP contribution in [-0.4, -0.2) is 17.7 Å². The largest absolute Gasteiger partial charge is 0.232 e. The molecule has 2 aliphatic rings. The van der Waals surface area contributed by atoms with Crippen molar-refractivity contribution in [2.24, 2.45) is 0 Å². The van der Waals surface area contributed by atoms with Crippen molar-refractivity contribution in [1.82, 2.24) is 10.4 Å². The molecule has 0 radical (unpaired) electrons. The molecule has 2 fully saturated rings. The fraction of sp³-hybridized carbons (Fsp3) is 1.00. The molecule has 0 aromatic rings. The number of nitrogens with one attached hydrogen (secondary N) is 1. The lowest BCUT2D eigenvalue weighted by Gasteiger charge is -2.07. The molecule has 0 aromatic carbocycles. The lowest BCUT2D eigenvalue weighted by molar-refractivity contribution is 0.415. The molecule has 10 heavy (non-hydrogen) atoms. The van der Waals surface area contributed by atoms with Crippen LogP contribution in [0.2, 0.25) is 0 Å². The zero-order valence-electron chi connectivity index (χ0n) is 6.69. The van der Waals surface area contributed by atoms with Gasteiger partial charge < -0.3 is 0 Å². The van der Waals surface area contributed by atoms with E-state index >= 15 is 0 Å². The normalized spacial score (nSPS) is 37.5. The average molecular weight is 140 g/mol. The predicted molar refractivity (Wildman–Crippen MR) is 41.3 cm³/mol. The van der Waals surface area contributed by atoms with E-state index in [1.807, 2.05) is 0 Å². The molecule has 0 bridgehead atoms. The second kappa shape index (κ2) is 2.21. The molecular weight excluding hydrogens is 124 g/mol. The van der Waals surface area contributed by atoms with Gasteiger partial charge in [0, 0.05) is 7.05 Å². The second-order valence-electron chi connectivity index (χ2n) is 3.62. The van der Waals surface area contributed by atoms with Gasteiger partial charge in [0.1, 0.15) is 0 Å². The minimum absolute atomic E-state index is 0.455. The van der Waals surface area contributed by atoms with Gasteiger partial charge in [-0.05, 0) is 12.8 Å². The quantitative estimate of drug-likeness (QED) is 0.516. The summed E-state index contributed by atoms with van der Waals surface area (Å²) in [7, 11) is 2.16. The monoisotopic (exact) mass is 140 g/mol. The second-order valence-corrected chi connectivity index (χ2v) is 3.62. The molecule has 1 aliphatic carbocycles. The minimum atomic E-state index is 0.455. The van der Waals surface area contributed by atoms with Gasteiger partial charge in [0.2, 0.25) is 0 Å². The first-order valence-corrected chi connectivity index (χ1v) is 4.35. The summed E-state index contributed by atoms with van der Waals surface area (Å²) in [5.41, 5.74) is 3.88. The van der Waals surface area contributed by atoms with E-state index in [0.717, 1.165) is 0 Å². The van der Waals surface area contributed by atoms with Crippen LogP contribution >= 0.6 is 0 Å². The maximum Gasteiger partial charge on any atom is 0.0970 e. The van der Waals surface area contributed by atoms with Gasteiger partial charge in [-0.2, -0.15) is 0 Å². The molecule has 1 heterocycles. The summed E-state index contributed by atoms with van der Waals surface area (Å²) in [5.74, 6) is 0. The Morgan fingerprint density at radius 3 is 2.00 bits per heavy atom. The third-order valence-electron chi connectivity index (χ3n) is 2.90. The Balaban J connectivity index is 1.95. The fourth-order valence-electron chi connectivity index (χ4n) is 2.05. The summed E-state index contributed by atoms with van der Waals surface area (Å²) in [6, 6.07) is 0. The molecule has 1 saturated carbocycles. The van der Waals surface area contributed by atoms with Crippen LogP contribution in [0.1, 0.15) is 38.5 Å². The van der Waals surface area contributed by atoms with Crippen LogP contribution in [0.15, 0.2) is 0 Å². The van der Waals surface area contributed by atoms with E-state index in [4.69, 9.17) is 0 Å². The number of nitrogens with zero attached hydrogens (tertiary/aromatic N) is 1. The molecule has 1 aliphatic heterocycles. The molecule has 2 heteroatoms. The van der Waals surface area contributed by atoms with E-state index in [1.54, 1.807) is 0 Å². The average Bonchev–Trinajstić information content (AvgIpc) is 2.60. The molecule has 58 valence electrons. The van der Waals surface area contributed by atoms with Gasteiger partial charge >= 0.3 is 0 Å². The summed E-state index contributed by atoms with van der Waals surface area (Å²) in [5, 5.41) is 2.28. The molecule has 1 unspecified atom stereocenters. The van der Waals surface area contributed by atoms with Gasteiger partial charge in [0.25, 0.3) is 0 Å². The third kappa shape index (κ3) is 0.956. The SMILES string of the molecule is CN1NC12CCCCCC2. The lowest BCUT2D eigenvalue weighted by atomic mass is 10.1. The zero-order valence-corrected chi connectivity index (χ0v) is 6.69. The van der Waals surface area contributed by atoms with Gasteiger partial charge in [-0.25, -0.2) is 10.4 Å². The van der Waals surface area contributed by atoms with Crippen molar-refractivity contribution in [2.45, 2.75) is 44.2 Å². The first-order valence-electron chi connectivity index (χ1n) is 4.35. The summed E-state index contributed by atoms with van der Waals surface area (Å²) in [6.45, 7) is 0. The summed E-state index contributed by atoms with van der Waals surface area (Å²) >= 11 is 0. The van der Waals surface area contributed by atoms with Gasteiger partial charge in [0.15, 0.2) is 0 Å². The van der Waals surface area contributed by atoms with E-state index < -0.39 is 0 Å². The van der Waals surface area contributed by atoms with Crippen molar-refractivity contribution in [3.8, 4) is 0 Å². The van der Waals surface area contributed by atoms with Crippen molar-refractivity contribution < 1.29 is 0 Å². The highest BCUT2D eigenvalue weighted by molar-refractivity contribution is 4.96. The Hall–Kier alpha value is -0.0800. The molecule has 1 spiro atoms. The highest BCUT2D eigenvalue weighted by Crippen LogP contribution is 2.36. The summed E-state index contributed by atoms with van der Waals surface area (Å²) < 4.78 is 0. The number of rotatable bonds is 0. The van der Waals surface area contributed by atoms with Gasteiger partial charge in [-0.15, -0.1) is 0 Å². The first-order chi connectivity index (χ1) is 4.83. The van der Waals surface area contributed by atoms with Gasteiger partial charge in [-0.3, -0.25) is 0 Å². The molecule has 2 nitrogen and oxygen atoms in total. The summed E-state index contributed by atoms with van der Waals surface area (Å²) in [6.07, 6.45) is 8.44. The van der Waals surface area contributed by atoms with Crippen LogP contribution in [0.4, 0.5) is 0 Å². The van der Waals surface area contributed by atoms with Gasteiger partial charge in [0.05, 0.1) is 5.66 Å². The topological polar surface area (TPSA) is 25.0 Å². The highest BCUT2D eigenvalue weighted by Gasteiger charge is 2.47. The molecule has 1 saturated heterocycles. The Kier molecular flexibility index (Phi) is 1.46. The molecule has 0 amide bonds. The Morgan fingerprint density at radius 1 is 1.10 bits per heavy atom. The van der Waals surface area contributed by atoms with E-state index in [0.29, 0.717) is 5.66 Å². The van der Waals surface area contributed by atoms with Crippen LogP contribution < -0.4 is 5.43 Å². The minimum Gasteiger partial charge on any atom is -0.232 e. The molecule has 1 atom stereocenters. The maximum absolute atomic E-state index is 3.42. The van der Waals surface area contributed by atoms with Crippen molar-refractivity contribution in [3.05, 3.63) is 0 Å². The fourth-order valence-corrected chi connectivity index (χ4v) is 2.05. The number of hydrogen-bond acceptors (Lipinski definition) is 2.